The van der Waals surface area contributed by atoms with E-state index in [0.29, 0.717) is 6.42 Å². The SMILES string of the molecule is O=C(CN1C(=O)CC2(CCCCC2)C1=O)NC1CCCCCC1. The second-order valence-corrected chi connectivity index (χ2v) is 7.56. The Morgan fingerprint density at radius 1 is 1.00 bits per heavy atom. The fraction of sp³-hybridized carbons (Fsp3) is 0.833. The van der Waals surface area contributed by atoms with Crippen molar-refractivity contribution in [2.75, 3.05) is 6.54 Å². The Morgan fingerprint density at radius 3 is 2.26 bits per heavy atom. The monoisotopic (exact) mass is 320 g/mol. The molecule has 5 nitrogen and oxygen atoms in total. The molecule has 128 valence electrons. The number of nitrogens with zero attached hydrogens (tertiary/aromatic N) is 1. The van der Waals surface area contributed by atoms with Gasteiger partial charge in [0, 0.05) is 12.5 Å². The van der Waals surface area contributed by atoms with E-state index in [1.165, 1.54) is 17.7 Å². The first kappa shape index (κ1) is 16.5. The summed E-state index contributed by atoms with van der Waals surface area (Å²) in [6.07, 6.45) is 11.9. The molecule has 0 aromatic rings. The van der Waals surface area contributed by atoms with Crippen LogP contribution in [0.4, 0.5) is 0 Å². The minimum absolute atomic E-state index is 0.0874. The van der Waals surface area contributed by atoms with E-state index in [1.54, 1.807) is 0 Å². The van der Waals surface area contributed by atoms with Crippen LogP contribution in [-0.2, 0) is 14.4 Å². The summed E-state index contributed by atoms with van der Waals surface area (Å²) in [7, 11) is 0. The molecular formula is C18H28N2O3. The van der Waals surface area contributed by atoms with E-state index in [4.69, 9.17) is 0 Å². The quantitative estimate of drug-likeness (QED) is 0.642. The summed E-state index contributed by atoms with van der Waals surface area (Å²) >= 11 is 0. The van der Waals surface area contributed by atoms with E-state index >= 15 is 0 Å². The summed E-state index contributed by atoms with van der Waals surface area (Å²) in [5.41, 5.74) is -0.488. The number of imide groups is 1. The first-order valence-corrected chi connectivity index (χ1v) is 9.25. The van der Waals surface area contributed by atoms with Gasteiger partial charge in [-0.2, -0.15) is 0 Å². The maximum atomic E-state index is 12.7. The van der Waals surface area contributed by atoms with E-state index in [1.807, 2.05) is 0 Å². The molecule has 0 bridgehead atoms. The largest absolute Gasteiger partial charge is 0.352 e. The van der Waals surface area contributed by atoms with Gasteiger partial charge in [0.05, 0.1) is 5.41 Å². The lowest BCUT2D eigenvalue weighted by Crippen LogP contribution is -2.45. The molecule has 0 aromatic carbocycles. The van der Waals surface area contributed by atoms with E-state index in [-0.39, 0.29) is 30.3 Å². The fourth-order valence-corrected chi connectivity index (χ4v) is 4.48. The Bertz CT molecular complexity index is 475. The summed E-state index contributed by atoms with van der Waals surface area (Å²) in [5, 5.41) is 3.03. The highest BCUT2D eigenvalue weighted by molar-refractivity contribution is 6.08. The molecule has 2 aliphatic carbocycles. The van der Waals surface area contributed by atoms with Gasteiger partial charge in [-0.15, -0.1) is 0 Å². The molecule has 3 aliphatic rings. The van der Waals surface area contributed by atoms with Gasteiger partial charge in [-0.25, -0.2) is 0 Å². The number of hydrogen-bond acceptors (Lipinski definition) is 3. The Hall–Kier alpha value is -1.39. The van der Waals surface area contributed by atoms with E-state index < -0.39 is 5.41 Å². The highest BCUT2D eigenvalue weighted by Gasteiger charge is 2.51. The molecule has 3 rings (SSSR count). The Morgan fingerprint density at radius 2 is 1.61 bits per heavy atom. The third kappa shape index (κ3) is 3.59. The van der Waals surface area contributed by atoms with Gasteiger partial charge in [-0.1, -0.05) is 44.9 Å². The van der Waals surface area contributed by atoms with Gasteiger partial charge in [0.2, 0.25) is 17.7 Å². The zero-order valence-corrected chi connectivity index (χ0v) is 13.9. The average molecular weight is 320 g/mol. The maximum Gasteiger partial charge on any atom is 0.240 e. The molecule has 23 heavy (non-hydrogen) atoms. The van der Waals surface area contributed by atoms with Crippen molar-refractivity contribution in [2.45, 2.75) is 83.1 Å². The second kappa shape index (κ2) is 7.02. The summed E-state index contributed by atoms with van der Waals surface area (Å²) in [6.45, 7) is -0.0874. The van der Waals surface area contributed by atoms with E-state index in [0.717, 1.165) is 57.8 Å². The minimum atomic E-state index is -0.488. The van der Waals surface area contributed by atoms with E-state index in [9.17, 15) is 14.4 Å². The summed E-state index contributed by atoms with van der Waals surface area (Å²) in [5.74, 6) is -0.433. The van der Waals surface area contributed by atoms with Crippen LogP contribution >= 0.6 is 0 Å². The van der Waals surface area contributed by atoms with Crippen LogP contribution in [-0.4, -0.2) is 35.2 Å². The molecule has 3 amide bonds. The number of rotatable bonds is 3. The highest BCUT2D eigenvalue weighted by atomic mass is 16.2. The average Bonchev–Trinajstić information content (AvgIpc) is 2.74. The summed E-state index contributed by atoms with van der Waals surface area (Å²) in [6, 6.07) is 0.210. The van der Waals surface area contributed by atoms with Gasteiger partial charge in [-0.05, 0) is 25.7 Å². The zero-order chi connectivity index (χ0) is 16.3. The van der Waals surface area contributed by atoms with Gasteiger partial charge in [0.25, 0.3) is 0 Å². The third-order valence-electron chi connectivity index (χ3n) is 5.82. The molecule has 1 heterocycles. The van der Waals surface area contributed by atoms with E-state index in [2.05, 4.69) is 5.32 Å². The molecule has 3 fully saturated rings. The Labute approximate surface area is 138 Å². The molecule has 0 radical (unpaired) electrons. The summed E-state index contributed by atoms with van der Waals surface area (Å²) in [4.78, 5) is 38.5. The van der Waals surface area contributed by atoms with Crippen LogP contribution in [0.5, 0.6) is 0 Å². The number of nitrogens with one attached hydrogen (secondary N) is 1. The van der Waals surface area contributed by atoms with Crippen LogP contribution in [0, 0.1) is 5.41 Å². The first-order valence-electron chi connectivity index (χ1n) is 9.25. The fourth-order valence-electron chi connectivity index (χ4n) is 4.48. The lowest BCUT2D eigenvalue weighted by molar-refractivity contribution is -0.145. The van der Waals surface area contributed by atoms with Crippen LogP contribution in [0.3, 0.4) is 0 Å². The van der Waals surface area contributed by atoms with Crippen molar-refractivity contribution in [1.82, 2.24) is 10.2 Å². The Kier molecular flexibility index (Phi) is 5.02. The molecule has 0 aromatic heterocycles. The van der Waals surface area contributed by atoms with Crippen LogP contribution in [0.25, 0.3) is 0 Å². The first-order chi connectivity index (χ1) is 11.1. The molecule has 5 heteroatoms. The van der Waals surface area contributed by atoms with Crippen LogP contribution in [0.1, 0.15) is 77.0 Å². The molecular weight excluding hydrogens is 292 g/mol. The third-order valence-corrected chi connectivity index (χ3v) is 5.82. The standard InChI is InChI=1S/C18H28N2O3/c21-15(19-14-8-4-1-2-5-9-14)13-20-16(22)12-18(17(20)23)10-6-3-7-11-18/h14H,1-13H2,(H,19,21). The van der Waals surface area contributed by atoms with Crippen LogP contribution < -0.4 is 5.32 Å². The van der Waals surface area contributed by atoms with Crippen molar-refractivity contribution < 1.29 is 14.4 Å². The van der Waals surface area contributed by atoms with Crippen molar-refractivity contribution in [3.05, 3.63) is 0 Å². The molecule has 1 N–H and O–H groups in total. The molecule has 0 unspecified atom stereocenters. The Balaban J connectivity index is 1.57. The predicted octanol–water partition coefficient (Wildman–Crippen LogP) is 2.53. The lowest BCUT2D eigenvalue weighted by atomic mass is 9.73. The number of likely N-dealkylation sites (tertiary alicyclic amines) is 1. The van der Waals surface area contributed by atoms with Crippen molar-refractivity contribution >= 4 is 17.7 Å². The maximum absolute atomic E-state index is 12.7. The topological polar surface area (TPSA) is 66.5 Å². The molecule has 0 atom stereocenters. The molecule has 1 aliphatic heterocycles. The van der Waals surface area contributed by atoms with Crippen molar-refractivity contribution in [1.29, 1.82) is 0 Å². The van der Waals surface area contributed by atoms with Crippen molar-refractivity contribution in [3.8, 4) is 0 Å². The zero-order valence-electron chi connectivity index (χ0n) is 13.9. The van der Waals surface area contributed by atoms with Crippen molar-refractivity contribution in [3.63, 3.8) is 0 Å². The summed E-state index contributed by atoms with van der Waals surface area (Å²) < 4.78 is 0. The molecule has 1 spiro atoms. The van der Waals surface area contributed by atoms with Crippen molar-refractivity contribution in [2.24, 2.45) is 5.41 Å². The minimum Gasteiger partial charge on any atom is -0.352 e. The second-order valence-electron chi connectivity index (χ2n) is 7.56. The number of amides is 3. The smallest absolute Gasteiger partial charge is 0.240 e. The van der Waals surface area contributed by atoms with Crippen LogP contribution in [0.2, 0.25) is 0 Å². The number of carbonyl (C=O) groups is 3. The number of carbonyl (C=O) groups excluding carboxylic acids is 3. The van der Waals surface area contributed by atoms with Gasteiger partial charge in [-0.3, -0.25) is 19.3 Å². The van der Waals surface area contributed by atoms with Gasteiger partial charge >= 0.3 is 0 Å². The predicted molar refractivity (Wildman–Crippen MR) is 86.5 cm³/mol. The van der Waals surface area contributed by atoms with Gasteiger partial charge in [0.1, 0.15) is 6.54 Å². The van der Waals surface area contributed by atoms with Gasteiger partial charge < -0.3 is 5.32 Å². The highest BCUT2D eigenvalue weighted by Crippen LogP contribution is 2.45. The molecule has 2 saturated carbocycles. The number of hydrogen-bond donors (Lipinski definition) is 1. The normalized spacial score (nSPS) is 25.7. The van der Waals surface area contributed by atoms with Gasteiger partial charge in [0.15, 0.2) is 0 Å². The lowest BCUT2D eigenvalue weighted by Gasteiger charge is -2.30. The van der Waals surface area contributed by atoms with Crippen LogP contribution in [0.15, 0.2) is 0 Å². The molecule has 1 saturated heterocycles.